The van der Waals surface area contributed by atoms with Gasteiger partial charge in [0.25, 0.3) is 0 Å². The third-order valence-corrected chi connectivity index (χ3v) is 3.03. The van der Waals surface area contributed by atoms with Crippen LogP contribution in [0.4, 0.5) is 0 Å². The SMILES string of the molecule is Brc1cccc(CC2CCCN2)c1. The molecule has 0 aliphatic carbocycles. The van der Waals surface area contributed by atoms with Gasteiger partial charge in [-0.15, -0.1) is 0 Å². The number of rotatable bonds is 2. The lowest BCUT2D eigenvalue weighted by atomic mass is 10.1. The van der Waals surface area contributed by atoms with Crippen LogP contribution in [0.3, 0.4) is 0 Å². The van der Waals surface area contributed by atoms with Crippen molar-refractivity contribution in [3.05, 3.63) is 34.3 Å². The molecule has 1 fully saturated rings. The summed E-state index contributed by atoms with van der Waals surface area (Å²) >= 11 is 3.49. The predicted octanol–water partition coefficient (Wildman–Crippen LogP) is 2.74. The first-order chi connectivity index (χ1) is 6.34. The van der Waals surface area contributed by atoms with E-state index in [1.54, 1.807) is 0 Å². The van der Waals surface area contributed by atoms with Crippen molar-refractivity contribution < 1.29 is 0 Å². The topological polar surface area (TPSA) is 12.0 Å². The lowest BCUT2D eigenvalue weighted by Crippen LogP contribution is -2.23. The van der Waals surface area contributed by atoms with Crippen molar-refractivity contribution in [3.8, 4) is 0 Å². The second-order valence-electron chi connectivity index (χ2n) is 3.63. The fourth-order valence-corrected chi connectivity index (χ4v) is 2.33. The van der Waals surface area contributed by atoms with Gasteiger partial charge in [0.2, 0.25) is 0 Å². The van der Waals surface area contributed by atoms with E-state index in [1.165, 1.54) is 35.8 Å². The van der Waals surface area contributed by atoms with E-state index in [9.17, 15) is 0 Å². The Hall–Kier alpha value is -0.340. The summed E-state index contributed by atoms with van der Waals surface area (Å²) in [6.07, 6.45) is 3.82. The Morgan fingerprint density at radius 1 is 1.46 bits per heavy atom. The third kappa shape index (κ3) is 2.55. The maximum Gasteiger partial charge on any atom is 0.0178 e. The monoisotopic (exact) mass is 239 g/mol. The van der Waals surface area contributed by atoms with Crippen LogP contribution in [0.5, 0.6) is 0 Å². The summed E-state index contributed by atoms with van der Waals surface area (Å²) in [6.45, 7) is 1.19. The molecule has 2 rings (SSSR count). The Labute approximate surface area is 87.7 Å². The Bertz CT molecular complexity index is 279. The van der Waals surface area contributed by atoms with Crippen LogP contribution in [0.15, 0.2) is 28.7 Å². The normalized spacial score (nSPS) is 22.1. The second-order valence-corrected chi connectivity index (χ2v) is 4.54. The standard InChI is InChI=1S/C11H14BrN/c12-10-4-1-3-9(7-10)8-11-5-2-6-13-11/h1,3-4,7,11,13H,2,5-6,8H2. The van der Waals surface area contributed by atoms with E-state index < -0.39 is 0 Å². The smallest absolute Gasteiger partial charge is 0.0178 e. The molecule has 1 saturated heterocycles. The summed E-state index contributed by atoms with van der Waals surface area (Å²) in [4.78, 5) is 0. The Kier molecular flexibility index (Phi) is 3.01. The molecule has 0 spiro atoms. The highest BCUT2D eigenvalue weighted by molar-refractivity contribution is 9.10. The number of hydrogen-bond donors (Lipinski definition) is 1. The maximum atomic E-state index is 3.51. The van der Waals surface area contributed by atoms with Crippen LogP contribution in [0.1, 0.15) is 18.4 Å². The molecule has 1 aromatic carbocycles. The first kappa shape index (κ1) is 9.22. The van der Waals surface area contributed by atoms with Crippen LogP contribution < -0.4 is 5.32 Å². The van der Waals surface area contributed by atoms with E-state index in [-0.39, 0.29) is 0 Å². The van der Waals surface area contributed by atoms with Crippen molar-refractivity contribution in [1.29, 1.82) is 0 Å². The van der Waals surface area contributed by atoms with Crippen molar-refractivity contribution in [2.24, 2.45) is 0 Å². The summed E-state index contributed by atoms with van der Waals surface area (Å²) in [5.74, 6) is 0. The van der Waals surface area contributed by atoms with Crippen molar-refractivity contribution in [1.82, 2.24) is 5.32 Å². The van der Waals surface area contributed by atoms with E-state index in [0.29, 0.717) is 6.04 Å². The summed E-state index contributed by atoms with van der Waals surface area (Å²) in [5, 5.41) is 3.51. The molecule has 1 atom stereocenters. The third-order valence-electron chi connectivity index (χ3n) is 2.53. The van der Waals surface area contributed by atoms with Crippen molar-refractivity contribution in [2.75, 3.05) is 6.54 Å². The molecular weight excluding hydrogens is 226 g/mol. The second kappa shape index (κ2) is 4.25. The van der Waals surface area contributed by atoms with E-state index in [0.717, 1.165) is 0 Å². The molecule has 70 valence electrons. The molecule has 13 heavy (non-hydrogen) atoms. The number of hydrogen-bond acceptors (Lipinski definition) is 1. The average molecular weight is 240 g/mol. The van der Waals surface area contributed by atoms with E-state index in [2.05, 4.69) is 45.5 Å². The van der Waals surface area contributed by atoms with Gasteiger partial charge in [-0.25, -0.2) is 0 Å². The van der Waals surface area contributed by atoms with E-state index in [4.69, 9.17) is 0 Å². The van der Waals surface area contributed by atoms with Crippen molar-refractivity contribution in [2.45, 2.75) is 25.3 Å². The highest BCUT2D eigenvalue weighted by Gasteiger charge is 2.13. The van der Waals surface area contributed by atoms with Crippen LogP contribution >= 0.6 is 15.9 Å². The van der Waals surface area contributed by atoms with Crippen LogP contribution in [0.25, 0.3) is 0 Å². The Morgan fingerprint density at radius 3 is 3.08 bits per heavy atom. The van der Waals surface area contributed by atoms with Crippen LogP contribution in [-0.2, 0) is 6.42 Å². The lowest BCUT2D eigenvalue weighted by Gasteiger charge is -2.09. The van der Waals surface area contributed by atoms with Gasteiger partial charge in [-0.05, 0) is 43.5 Å². The first-order valence-electron chi connectivity index (χ1n) is 4.82. The fourth-order valence-electron chi connectivity index (χ4n) is 1.88. The molecule has 1 aliphatic rings. The van der Waals surface area contributed by atoms with Gasteiger partial charge < -0.3 is 5.32 Å². The number of nitrogens with one attached hydrogen (secondary N) is 1. The molecule has 1 aliphatic heterocycles. The molecular formula is C11H14BrN. The van der Waals surface area contributed by atoms with Gasteiger partial charge in [0.05, 0.1) is 0 Å². The molecule has 1 N–H and O–H groups in total. The molecule has 1 aromatic rings. The van der Waals surface area contributed by atoms with Gasteiger partial charge in [-0.2, -0.15) is 0 Å². The first-order valence-corrected chi connectivity index (χ1v) is 5.62. The highest BCUT2D eigenvalue weighted by atomic mass is 79.9. The van der Waals surface area contributed by atoms with Crippen LogP contribution in [-0.4, -0.2) is 12.6 Å². The zero-order valence-electron chi connectivity index (χ0n) is 7.59. The number of halogens is 1. The molecule has 0 amide bonds. The zero-order chi connectivity index (χ0) is 9.10. The molecule has 1 nitrogen and oxygen atoms in total. The summed E-state index contributed by atoms with van der Waals surface area (Å²) in [7, 11) is 0. The lowest BCUT2D eigenvalue weighted by molar-refractivity contribution is 0.603. The van der Waals surface area contributed by atoms with Gasteiger partial charge in [0.1, 0.15) is 0 Å². The largest absolute Gasteiger partial charge is 0.314 e. The van der Waals surface area contributed by atoms with E-state index >= 15 is 0 Å². The van der Waals surface area contributed by atoms with E-state index in [1.807, 2.05) is 0 Å². The minimum atomic E-state index is 0.703. The molecule has 0 radical (unpaired) electrons. The van der Waals surface area contributed by atoms with Gasteiger partial charge in [-0.1, -0.05) is 28.1 Å². The van der Waals surface area contributed by atoms with Gasteiger partial charge >= 0.3 is 0 Å². The van der Waals surface area contributed by atoms with Gasteiger partial charge in [0.15, 0.2) is 0 Å². The number of benzene rings is 1. The van der Waals surface area contributed by atoms with Crippen LogP contribution in [0.2, 0.25) is 0 Å². The fraction of sp³-hybridized carbons (Fsp3) is 0.455. The van der Waals surface area contributed by atoms with Crippen molar-refractivity contribution >= 4 is 15.9 Å². The molecule has 2 heteroatoms. The Balaban J connectivity index is 2.00. The molecule has 1 heterocycles. The quantitative estimate of drug-likeness (QED) is 0.838. The highest BCUT2D eigenvalue weighted by Crippen LogP contribution is 2.16. The zero-order valence-corrected chi connectivity index (χ0v) is 9.18. The summed E-state index contributed by atoms with van der Waals surface area (Å²) in [6, 6.07) is 9.29. The average Bonchev–Trinajstić information content (AvgIpc) is 2.57. The summed E-state index contributed by atoms with van der Waals surface area (Å²) < 4.78 is 1.18. The van der Waals surface area contributed by atoms with Crippen LogP contribution in [0, 0.1) is 0 Å². The molecule has 0 aromatic heterocycles. The van der Waals surface area contributed by atoms with Gasteiger partial charge in [0, 0.05) is 10.5 Å². The van der Waals surface area contributed by atoms with Crippen molar-refractivity contribution in [3.63, 3.8) is 0 Å². The molecule has 0 saturated carbocycles. The summed E-state index contributed by atoms with van der Waals surface area (Å²) in [5.41, 5.74) is 1.42. The van der Waals surface area contributed by atoms with Gasteiger partial charge in [-0.3, -0.25) is 0 Å². The maximum absolute atomic E-state index is 3.51. The minimum Gasteiger partial charge on any atom is -0.314 e. The molecule has 0 bridgehead atoms. The predicted molar refractivity (Wildman–Crippen MR) is 58.9 cm³/mol. The minimum absolute atomic E-state index is 0.703. The Morgan fingerprint density at radius 2 is 2.38 bits per heavy atom. The molecule has 1 unspecified atom stereocenters.